The first-order valence-electron chi connectivity index (χ1n) is 6.41. The van der Waals surface area contributed by atoms with Crippen LogP contribution in [0.25, 0.3) is 0 Å². The van der Waals surface area contributed by atoms with Crippen LogP contribution in [-0.4, -0.2) is 64.5 Å². The number of carboxylic acids is 1. The third kappa shape index (κ3) is 4.55. The lowest BCUT2D eigenvalue weighted by Crippen LogP contribution is -2.47. The minimum atomic E-state index is -0.780. The number of aromatic nitrogens is 1. The Morgan fingerprint density at radius 3 is 2.60 bits per heavy atom. The maximum absolute atomic E-state index is 10.9. The van der Waals surface area contributed by atoms with Crippen molar-refractivity contribution in [1.29, 1.82) is 0 Å². The number of carbonyl (C=O) groups excluding carboxylic acids is 1. The molecule has 20 heavy (non-hydrogen) atoms. The molecule has 1 aromatic rings. The maximum Gasteiger partial charge on any atom is 0.317 e. The molecule has 1 aliphatic heterocycles. The Balaban J connectivity index is 1.79. The Labute approximate surface area is 121 Å². The van der Waals surface area contributed by atoms with Crippen molar-refractivity contribution >= 4 is 28.3 Å². The third-order valence-electron chi connectivity index (χ3n) is 3.04. The van der Waals surface area contributed by atoms with Crippen LogP contribution in [0.3, 0.4) is 0 Å². The number of aliphatic carboxylic acids is 1. The molecule has 8 heteroatoms. The number of thiazole rings is 1. The van der Waals surface area contributed by atoms with Crippen molar-refractivity contribution in [2.45, 2.75) is 13.5 Å². The van der Waals surface area contributed by atoms with Crippen LogP contribution in [0.1, 0.15) is 12.6 Å². The minimum Gasteiger partial charge on any atom is -0.480 e. The Morgan fingerprint density at radius 1 is 1.35 bits per heavy atom. The zero-order chi connectivity index (χ0) is 14.5. The summed E-state index contributed by atoms with van der Waals surface area (Å²) in [6.07, 6.45) is 0. The fourth-order valence-electron chi connectivity index (χ4n) is 2.11. The fraction of sp³-hybridized carbons (Fsp3) is 0.583. The van der Waals surface area contributed by atoms with E-state index in [9.17, 15) is 9.59 Å². The molecule has 0 bridgehead atoms. The molecule has 0 aromatic carbocycles. The summed E-state index contributed by atoms with van der Waals surface area (Å²) in [5.74, 6) is -0.897. The van der Waals surface area contributed by atoms with Gasteiger partial charge in [0.15, 0.2) is 5.13 Å². The van der Waals surface area contributed by atoms with Gasteiger partial charge in [-0.2, -0.15) is 0 Å². The van der Waals surface area contributed by atoms with Gasteiger partial charge in [0.2, 0.25) is 5.91 Å². The molecule has 1 aliphatic rings. The topological polar surface area (TPSA) is 85.8 Å². The van der Waals surface area contributed by atoms with Gasteiger partial charge in [-0.1, -0.05) is 0 Å². The summed E-state index contributed by atoms with van der Waals surface area (Å²) in [7, 11) is 0. The predicted molar refractivity (Wildman–Crippen MR) is 75.8 cm³/mol. The number of carbonyl (C=O) groups is 2. The van der Waals surface area contributed by atoms with E-state index in [2.05, 4.69) is 15.2 Å². The van der Waals surface area contributed by atoms with Crippen LogP contribution in [-0.2, 0) is 16.1 Å². The van der Waals surface area contributed by atoms with E-state index in [0.29, 0.717) is 5.13 Å². The molecular formula is C12H18N4O3S. The Bertz CT molecular complexity index is 483. The molecule has 0 unspecified atom stereocenters. The number of hydrogen-bond acceptors (Lipinski definition) is 6. The van der Waals surface area contributed by atoms with Crippen LogP contribution in [0.15, 0.2) is 5.38 Å². The molecule has 0 saturated carbocycles. The first-order chi connectivity index (χ1) is 9.52. The number of piperazine rings is 1. The molecular weight excluding hydrogens is 280 g/mol. The predicted octanol–water partition coefficient (Wildman–Crippen LogP) is 0.304. The highest BCUT2D eigenvalue weighted by atomic mass is 32.1. The van der Waals surface area contributed by atoms with Gasteiger partial charge in [0.25, 0.3) is 0 Å². The molecule has 1 fully saturated rings. The number of anilines is 1. The summed E-state index contributed by atoms with van der Waals surface area (Å²) in [6, 6.07) is 0. The average molecular weight is 298 g/mol. The second-order valence-electron chi connectivity index (χ2n) is 4.77. The van der Waals surface area contributed by atoms with E-state index in [1.54, 1.807) is 0 Å². The van der Waals surface area contributed by atoms with Crippen LogP contribution in [0.5, 0.6) is 0 Å². The SMILES string of the molecule is CC(=O)Nc1nc(CN2CCN(CC(=O)O)CC2)cs1. The van der Waals surface area contributed by atoms with Gasteiger partial charge in [-0.3, -0.25) is 19.4 Å². The van der Waals surface area contributed by atoms with Crippen LogP contribution in [0, 0.1) is 0 Å². The van der Waals surface area contributed by atoms with E-state index >= 15 is 0 Å². The van der Waals surface area contributed by atoms with Crippen molar-refractivity contribution in [3.05, 3.63) is 11.1 Å². The molecule has 0 radical (unpaired) electrons. The summed E-state index contributed by atoms with van der Waals surface area (Å²) < 4.78 is 0. The van der Waals surface area contributed by atoms with E-state index in [-0.39, 0.29) is 12.5 Å². The second kappa shape index (κ2) is 6.78. The number of amides is 1. The number of carboxylic acid groups (broad SMARTS) is 1. The third-order valence-corrected chi connectivity index (χ3v) is 3.85. The van der Waals surface area contributed by atoms with Crippen molar-refractivity contribution in [2.75, 3.05) is 38.0 Å². The molecule has 2 heterocycles. The zero-order valence-corrected chi connectivity index (χ0v) is 12.2. The Morgan fingerprint density at radius 2 is 2.00 bits per heavy atom. The van der Waals surface area contributed by atoms with Crippen LogP contribution >= 0.6 is 11.3 Å². The van der Waals surface area contributed by atoms with Crippen molar-refractivity contribution in [3.8, 4) is 0 Å². The fourth-order valence-corrected chi connectivity index (χ4v) is 2.86. The highest BCUT2D eigenvalue weighted by Gasteiger charge is 2.19. The Kier molecular flexibility index (Phi) is 5.05. The average Bonchev–Trinajstić information content (AvgIpc) is 2.77. The standard InChI is InChI=1S/C12H18N4O3S/c1-9(17)13-12-14-10(8-20-12)6-15-2-4-16(5-3-15)7-11(18)19/h8H,2-7H2,1H3,(H,18,19)(H,13,14,17). The molecule has 1 saturated heterocycles. The van der Waals surface area contributed by atoms with Gasteiger partial charge in [0, 0.05) is 45.0 Å². The summed E-state index contributed by atoms with van der Waals surface area (Å²) in [4.78, 5) is 30.1. The highest BCUT2D eigenvalue weighted by Crippen LogP contribution is 2.17. The van der Waals surface area contributed by atoms with Gasteiger partial charge in [0.05, 0.1) is 12.2 Å². The highest BCUT2D eigenvalue weighted by molar-refractivity contribution is 7.13. The molecule has 110 valence electrons. The van der Waals surface area contributed by atoms with Gasteiger partial charge in [-0.15, -0.1) is 11.3 Å². The quantitative estimate of drug-likeness (QED) is 0.813. The smallest absolute Gasteiger partial charge is 0.317 e. The summed E-state index contributed by atoms with van der Waals surface area (Å²) in [5.41, 5.74) is 0.936. The van der Waals surface area contributed by atoms with Crippen molar-refractivity contribution in [1.82, 2.24) is 14.8 Å². The number of hydrogen-bond donors (Lipinski definition) is 2. The van der Waals surface area contributed by atoms with Gasteiger partial charge in [-0.05, 0) is 0 Å². The normalized spacial score (nSPS) is 17.1. The number of rotatable bonds is 5. The van der Waals surface area contributed by atoms with E-state index < -0.39 is 5.97 Å². The zero-order valence-electron chi connectivity index (χ0n) is 11.3. The lowest BCUT2D eigenvalue weighted by Gasteiger charge is -2.33. The molecule has 1 amide bonds. The molecule has 1 aromatic heterocycles. The summed E-state index contributed by atoms with van der Waals surface area (Å²) in [5, 5.41) is 14.0. The lowest BCUT2D eigenvalue weighted by molar-refractivity contribution is -0.138. The minimum absolute atomic E-state index is 0.108. The van der Waals surface area contributed by atoms with Crippen LogP contribution in [0.2, 0.25) is 0 Å². The van der Waals surface area contributed by atoms with E-state index in [1.807, 2.05) is 10.3 Å². The molecule has 0 atom stereocenters. The Hall–Kier alpha value is -1.51. The summed E-state index contributed by atoms with van der Waals surface area (Å²) >= 11 is 1.42. The summed E-state index contributed by atoms with van der Waals surface area (Å²) in [6.45, 7) is 5.49. The van der Waals surface area contributed by atoms with Crippen LogP contribution in [0.4, 0.5) is 5.13 Å². The van der Waals surface area contributed by atoms with Gasteiger partial charge >= 0.3 is 5.97 Å². The van der Waals surface area contributed by atoms with Gasteiger partial charge in [0.1, 0.15) is 0 Å². The van der Waals surface area contributed by atoms with Crippen LogP contribution < -0.4 is 5.32 Å². The van der Waals surface area contributed by atoms with E-state index in [4.69, 9.17) is 5.11 Å². The molecule has 0 aliphatic carbocycles. The number of nitrogens with zero attached hydrogens (tertiary/aromatic N) is 3. The second-order valence-corrected chi connectivity index (χ2v) is 5.63. The molecule has 2 rings (SSSR count). The lowest BCUT2D eigenvalue weighted by atomic mass is 10.3. The van der Waals surface area contributed by atoms with E-state index in [0.717, 1.165) is 38.4 Å². The largest absolute Gasteiger partial charge is 0.480 e. The van der Waals surface area contributed by atoms with Crippen molar-refractivity contribution in [2.24, 2.45) is 0 Å². The molecule has 2 N–H and O–H groups in total. The van der Waals surface area contributed by atoms with Gasteiger partial charge in [-0.25, -0.2) is 4.98 Å². The van der Waals surface area contributed by atoms with E-state index in [1.165, 1.54) is 18.3 Å². The first-order valence-corrected chi connectivity index (χ1v) is 7.29. The van der Waals surface area contributed by atoms with Crippen molar-refractivity contribution < 1.29 is 14.7 Å². The maximum atomic E-state index is 10.9. The monoisotopic (exact) mass is 298 g/mol. The first kappa shape index (κ1) is 14.9. The number of nitrogens with one attached hydrogen (secondary N) is 1. The van der Waals surface area contributed by atoms with Gasteiger partial charge < -0.3 is 10.4 Å². The molecule has 7 nitrogen and oxygen atoms in total. The molecule has 0 spiro atoms. The van der Waals surface area contributed by atoms with Crippen molar-refractivity contribution in [3.63, 3.8) is 0 Å².